The van der Waals surface area contributed by atoms with Gasteiger partial charge in [-0.05, 0) is 55.3 Å². The fraction of sp³-hybridized carbons (Fsp3) is 0.174. The second kappa shape index (κ2) is 9.01. The molecule has 0 fully saturated rings. The molecule has 148 valence electrons. The molecule has 3 aromatic rings. The predicted molar refractivity (Wildman–Crippen MR) is 115 cm³/mol. The average Bonchev–Trinajstić information content (AvgIpc) is 2.68. The van der Waals surface area contributed by atoms with E-state index >= 15 is 0 Å². The fourth-order valence-electron chi connectivity index (χ4n) is 2.88. The Hall–Kier alpha value is -3.67. The molecule has 0 heterocycles. The van der Waals surface area contributed by atoms with Gasteiger partial charge in [0.2, 0.25) is 0 Å². The minimum Gasteiger partial charge on any atom is -0.490 e. The molecule has 0 unspecified atom stereocenters. The van der Waals surface area contributed by atoms with Crippen LogP contribution in [0.15, 0.2) is 65.8 Å². The summed E-state index contributed by atoms with van der Waals surface area (Å²) in [7, 11) is 0. The molecule has 6 nitrogen and oxygen atoms in total. The number of anilines is 1. The summed E-state index contributed by atoms with van der Waals surface area (Å²) in [5.74, 6) is -0.987. The molecule has 0 aliphatic rings. The molecule has 0 aliphatic carbocycles. The van der Waals surface area contributed by atoms with Gasteiger partial charge < -0.3 is 10.1 Å². The Bertz CT molecular complexity index is 1070. The van der Waals surface area contributed by atoms with E-state index in [1.165, 1.54) is 6.21 Å². The van der Waals surface area contributed by atoms with Crippen LogP contribution in [0.5, 0.6) is 5.75 Å². The summed E-state index contributed by atoms with van der Waals surface area (Å²) in [5.41, 5.74) is 4.54. The van der Waals surface area contributed by atoms with Crippen molar-refractivity contribution >= 4 is 34.5 Å². The van der Waals surface area contributed by atoms with Gasteiger partial charge in [0.15, 0.2) is 0 Å². The Morgan fingerprint density at radius 2 is 1.79 bits per heavy atom. The third-order valence-electron chi connectivity index (χ3n) is 4.14. The maximum Gasteiger partial charge on any atom is 0.329 e. The van der Waals surface area contributed by atoms with Crippen LogP contribution in [0.3, 0.4) is 0 Å². The topological polar surface area (TPSA) is 79.8 Å². The lowest BCUT2D eigenvalue weighted by Gasteiger charge is -2.14. The Balaban J connectivity index is 1.76. The molecule has 3 aromatic carbocycles. The second-order valence-electron chi connectivity index (χ2n) is 6.89. The van der Waals surface area contributed by atoms with E-state index in [1.807, 2.05) is 63.2 Å². The largest absolute Gasteiger partial charge is 0.490 e. The summed E-state index contributed by atoms with van der Waals surface area (Å²) in [5, 5.41) is 8.48. The van der Waals surface area contributed by atoms with Crippen LogP contribution in [0.1, 0.15) is 25.0 Å². The normalized spacial score (nSPS) is 11.0. The van der Waals surface area contributed by atoms with Gasteiger partial charge in [0.1, 0.15) is 5.75 Å². The first-order chi connectivity index (χ1) is 13.9. The van der Waals surface area contributed by atoms with Gasteiger partial charge in [-0.15, -0.1) is 0 Å². The number of fused-ring (bicyclic) bond motifs is 1. The third-order valence-corrected chi connectivity index (χ3v) is 4.14. The van der Waals surface area contributed by atoms with Crippen molar-refractivity contribution in [3.8, 4) is 5.75 Å². The van der Waals surface area contributed by atoms with Crippen molar-refractivity contribution < 1.29 is 14.3 Å². The summed E-state index contributed by atoms with van der Waals surface area (Å²) < 4.78 is 5.87. The lowest BCUT2D eigenvalue weighted by Crippen LogP contribution is -2.32. The van der Waals surface area contributed by atoms with Gasteiger partial charge in [-0.1, -0.05) is 42.5 Å². The summed E-state index contributed by atoms with van der Waals surface area (Å²) in [6, 6.07) is 18.9. The molecule has 0 bridgehead atoms. The van der Waals surface area contributed by atoms with Crippen molar-refractivity contribution in [2.24, 2.45) is 5.10 Å². The molecule has 3 rings (SSSR count). The Labute approximate surface area is 169 Å². The molecule has 6 heteroatoms. The van der Waals surface area contributed by atoms with Gasteiger partial charge in [0, 0.05) is 11.3 Å². The summed E-state index contributed by atoms with van der Waals surface area (Å²) in [6.45, 7) is 5.78. The maximum absolute atomic E-state index is 12.1. The van der Waals surface area contributed by atoms with Gasteiger partial charge in [-0.2, -0.15) is 5.10 Å². The molecular weight excluding hydrogens is 366 g/mol. The van der Waals surface area contributed by atoms with E-state index in [4.69, 9.17) is 4.74 Å². The number of hydrazone groups is 1. The molecule has 0 aromatic heterocycles. The van der Waals surface area contributed by atoms with Crippen LogP contribution in [-0.2, 0) is 9.59 Å². The number of ether oxygens (including phenoxy) is 1. The number of nitrogens with zero attached hydrogens (tertiary/aromatic N) is 1. The molecule has 0 saturated heterocycles. The third kappa shape index (κ3) is 5.19. The zero-order valence-electron chi connectivity index (χ0n) is 16.6. The van der Waals surface area contributed by atoms with Crippen LogP contribution in [-0.4, -0.2) is 24.1 Å². The van der Waals surface area contributed by atoms with Gasteiger partial charge >= 0.3 is 11.8 Å². The van der Waals surface area contributed by atoms with E-state index in [2.05, 4.69) is 15.8 Å². The Kier molecular flexibility index (Phi) is 6.24. The SMILES string of the molecule is Cc1cccc(NC(=O)C(=O)N/N=C\c2c(OC(C)C)ccc3ccccc23)c1. The van der Waals surface area contributed by atoms with Gasteiger partial charge in [-0.25, -0.2) is 5.43 Å². The highest BCUT2D eigenvalue weighted by Gasteiger charge is 2.13. The molecule has 2 N–H and O–H groups in total. The second-order valence-corrected chi connectivity index (χ2v) is 6.89. The Morgan fingerprint density at radius 3 is 2.55 bits per heavy atom. The minimum atomic E-state index is -0.852. The fourth-order valence-corrected chi connectivity index (χ4v) is 2.88. The van der Waals surface area contributed by atoms with Crippen molar-refractivity contribution in [1.29, 1.82) is 0 Å². The van der Waals surface area contributed by atoms with Crippen molar-refractivity contribution in [1.82, 2.24) is 5.43 Å². The van der Waals surface area contributed by atoms with Crippen LogP contribution in [0.2, 0.25) is 0 Å². The van der Waals surface area contributed by atoms with E-state index in [-0.39, 0.29) is 6.10 Å². The number of benzene rings is 3. The number of hydrogen-bond acceptors (Lipinski definition) is 4. The number of carbonyl (C=O) groups excluding carboxylic acids is 2. The van der Waals surface area contributed by atoms with E-state index < -0.39 is 11.8 Å². The highest BCUT2D eigenvalue weighted by atomic mass is 16.5. The van der Waals surface area contributed by atoms with Crippen LogP contribution in [0.25, 0.3) is 10.8 Å². The molecule has 29 heavy (non-hydrogen) atoms. The lowest BCUT2D eigenvalue weighted by atomic mass is 10.0. The first kappa shape index (κ1) is 20.1. The first-order valence-electron chi connectivity index (χ1n) is 9.33. The first-order valence-corrected chi connectivity index (χ1v) is 9.33. The van der Waals surface area contributed by atoms with E-state index in [0.717, 1.165) is 21.9 Å². The molecule has 2 amide bonds. The van der Waals surface area contributed by atoms with Crippen molar-refractivity contribution in [2.45, 2.75) is 26.9 Å². The molecule has 0 spiro atoms. The van der Waals surface area contributed by atoms with Gasteiger partial charge in [0.05, 0.1) is 12.3 Å². The van der Waals surface area contributed by atoms with Crippen molar-refractivity contribution in [3.63, 3.8) is 0 Å². The number of rotatable bonds is 5. The molecular formula is C23H23N3O3. The van der Waals surface area contributed by atoms with E-state index in [9.17, 15) is 9.59 Å². The lowest BCUT2D eigenvalue weighted by molar-refractivity contribution is -0.136. The molecule has 0 atom stereocenters. The zero-order chi connectivity index (χ0) is 20.8. The average molecular weight is 389 g/mol. The van der Waals surface area contributed by atoms with Gasteiger partial charge in [-0.3, -0.25) is 9.59 Å². The quantitative estimate of drug-likeness (QED) is 0.393. The maximum atomic E-state index is 12.1. The number of aryl methyl sites for hydroxylation is 1. The highest BCUT2D eigenvalue weighted by Crippen LogP contribution is 2.27. The molecule has 0 aliphatic heterocycles. The van der Waals surface area contributed by atoms with Crippen LogP contribution < -0.4 is 15.5 Å². The summed E-state index contributed by atoms with van der Waals surface area (Å²) >= 11 is 0. The number of carbonyl (C=O) groups is 2. The van der Waals surface area contributed by atoms with Gasteiger partial charge in [0.25, 0.3) is 0 Å². The highest BCUT2D eigenvalue weighted by molar-refractivity contribution is 6.39. The standard InChI is InChI=1S/C23H23N3O3/c1-15(2)29-21-12-11-17-8-4-5-10-19(17)20(21)14-24-26-23(28)22(27)25-18-9-6-7-16(3)13-18/h4-15H,1-3H3,(H,25,27)(H,26,28)/b24-14-. The van der Waals surface area contributed by atoms with E-state index in [1.54, 1.807) is 18.2 Å². The van der Waals surface area contributed by atoms with Crippen molar-refractivity contribution in [3.05, 3.63) is 71.8 Å². The Morgan fingerprint density at radius 1 is 1.00 bits per heavy atom. The van der Waals surface area contributed by atoms with Crippen molar-refractivity contribution in [2.75, 3.05) is 5.32 Å². The molecule has 0 radical (unpaired) electrons. The number of amides is 2. The number of hydrogen-bond donors (Lipinski definition) is 2. The van der Waals surface area contributed by atoms with Crippen LogP contribution in [0.4, 0.5) is 5.69 Å². The van der Waals surface area contributed by atoms with Crippen LogP contribution >= 0.6 is 0 Å². The minimum absolute atomic E-state index is 0.0157. The summed E-state index contributed by atoms with van der Waals surface area (Å²) in [4.78, 5) is 24.1. The molecule has 0 saturated carbocycles. The van der Waals surface area contributed by atoms with E-state index in [0.29, 0.717) is 11.4 Å². The predicted octanol–water partition coefficient (Wildman–Crippen LogP) is 4.02. The smallest absolute Gasteiger partial charge is 0.329 e. The monoisotopic (exact) mass is 389 g/mol. The van der Waals surface area contributed by atoms with Crippen LogP contribution in [0, 0.1) is 6.92 Å². The summed E-state index contributed by atoms with van der Waals surface area (Å²) in [6.07, 6.45) is 1.48. The number of nitrogens with one attached hydrogen (secondary N) is 2. The zero-order valence-corrected chi connectivity index (χ0v) is 16.6.